The van der Waals surface area contributed by atoms with Gasteiger partial charge in [0.05, 0.1) is 26.2 Å². The lowest BCUT2D eigenvalue weighted by Gasteiger charge is -2.19. The Morgan fingerprint density at radius 3 is 2.07 bits per heavy atom. The minimum absolute atomic E-state index is 0.0327. The lowest BCUT2D eigenvalue weighted by molar-refractivity contribution is -0.141. The Balaban J connectivity index is 3.42. The molecule has 0 saturated carbocycles. The summed E-state index contributed by atoms with van der Waals surface area (Å²) in [7, 11) is 2.40. The van der Waals surface area contributed by atoms with Gasteiger partial charge in [0.15, 0.2) is 0 Å². The average Bonchev–Trinajstić information content (AvgIpc) is 2.95. The molecule has 1 aromatic rings. The Morgan fingerprint density at radius 1 is 1.07 bits per heavy atom. The number of esters is 2. The third-order valence-corrected chi connectivity index (χ3v) is 4.76. The molecule has 2 N–H and O–H groups in total. The topological polar surface area (TPSA) is 154 Å². The number of anilines is 1. The fourth-order valence-electron chi connectivity index (χ4n) is 2.30. The number of carboxylic acid groups (broad SMARTS) is 2. The minimum atomic E-state index is -1.28. The fraction of sp³-hybridized carbons (Fsp3) is 0.438. The van der Waals surface area contributed by atoms with E-state index < -0.39 is 37.0 Å². The highest BCUT2D eigenvalue weighted by atomic mass is 32.1. The first-order chi connectivity index (χ1) is 12.7. The molecule has 0 radical (unpaired) electrons. The number of hydrogen-bond donors (Lipinski definition) is 2. The zero-order valence-electron chi connectivity index (χ0n) is 14.7. The molecular formula is C16H18N2O8S. The summed E-state index contributed by atoms with van der Waals surface area (Å²) in [5.74, 6) is -3.67. The molecule has 0 aliphatic heterocycles. The van der Waals surface area contributed by atoms with E-state index in [1.807, 2.05) is 6.07 Å². The van der Waals surface area contributed by atoms with Gasteiger partial charge in [-0.3, -0.25) is 19.2 Å². The van der Waals surface area contributed by atoms with E-state index in [2.05, 4.69) is 9.47 Å². The number of nitrogens with zero attached hydrogens (tertiary/aromatic N) is 2. The molecule has 146 valence electrons. The lowest BCUT2D eigenvalue weighted by atomic mass is 10.0. The van der Waals surface area contributed by atoms with Crippen molar-refractivity contribution in [3.8, 4) is 6.07 Å². The van der Waals surface area contributed by atoms with Gasteiger partial charge in [0.2, 0.25) is 0 Å². The second-order valence-electron chi connectivity index (χ2n) is 5.27. The Bertz CT molecular complexity index is 764. The number of thiophene rings is 1. The maximum atomic E-state index is 11.7. The molecule has 1 heterocycles. The van der Waals surface area contributed by atoms with Crippen molar-refractivity contribution in [3.05, 3.63) is 16.0 Å². The summed E-state index contributed by atoms with van der Waals surface area (Å²) >= 11 is 0.930. The monoisotopic (exact) mass is 398 g/mol. The minimum Gasteiger partial charge on any atom is -0.480 e. The summed E-state index contributed by atoms with van der Waals surface area (Å²) in [6.07, 6.45) is -0.180. The summed E-state index contributed by atoms with van der Waals surface area (Å²) in [5, 5.41) is 27.7. The van der Waals surface area contributed by atoms with Gasteiger partial charge in [-0.05, 0) is 12.0 Å². The summed E-state index contributed by atoms with van der Waals surface area (Å²) in [6.45, 7) is -1.29. The van der Waals surface area contributed by atoms with Crippen LogP contribution in [0.25, 0.3) is 0 Å². The van der Waals surface area contributed by atoms with E-state index in [1.54, 1.807) is 0 Å². The third-order valence-electron chi connectivity index (χ3n) is 3.46. The smallest absolute Gasteiger partial charge is 0.323 e. The SMILES string of the molecule is COC(=O)CCc1c(CC(=O)OC)sc(N(CC(=O)O)CC(=O)O)c1C#N. The summed E-state index contributed by atoms with van der Waals surface area (Å²) in [6, 6.07) is 1.92. The first-order valence-electron chi connectivity index (χ1n) is 7.60. The number of methoxy groups -OCH3 is 2. The van der Waals surface area contributed by atoms with Crippen LogP contribution in [-0.4, -0.2) is 61.4 Å². The molecule has 0 amide bonds. The summed E-state index contributed by atoms with van der Waals surface area (Å²) in [5.41, 5.74) is 0.402. The molecule has 0 fully saturated rings. The van der Waals surface area contributed by atoms with Gasteiger partial charge >= 0.3 is 23.9 Å². The van der Waals surface area contributed by atoms with Gasteiger partial charge in [-0.25, -0.2) is 0 Å². The zero-order valence-corrected chi connectivity index (χ0v) is 15.5. The van der Waals surface area contributed by atoms with E-state index in [1.165, 1.54) is 14.2 Å². The molecule has 0 aliphatic carbocycles. The van der Waals surface area contributed by atoms with Crippen LogP contribution in [0.4, 0.5) is 5.00 Å². The predicted molar refractivity (Wildman–Crippen MR) is 92.6 cm³/mol. The Morgan fingerprint density at radius 2 is 1.63 bits per heavy atom. The molecule has 27 heavy (non-hydrogen) atoms. The largest absolute Gasteiger partial charge is 0.480 e. The molecule has 0 saturated heterocycles. The van der Waals surface area contributed by atoms with Gasteiger partial charge in [0.25, 0.3) is 0 Å². The number of carbonyl (C=O) groups excluding carboxylic acids is 2. The van der Waals surface area contributed by atoms with E-state index >= 15 is 0 Å². The number of hydrogen-bond acceptors (Lipinski definition) is 9. The first kappa shape index (κ1) is 21.9. The van der Waals surface area contributed by atoms with Crippen LogP contribution in [0.5, 0.6) is 0 Å². The first-order valence-corrected chi connectivity index (χ1v) is 8.41. The number of carbonyl (C=O) groups is 4. The standard InChI is InChI=1S/C16H18N2O8S/c1-25-14(23)4-3-9-10(6-17)16(27-11(9)5-15(24)26-2)18(7-12(19)20)8-13(21)22/h3-5,7-8H2,1-2H3,(H,19,20)(H,21,22). The van der Waals surface area contributed by atoms with Gasteiger partial charge in [0, 0.05) is 11.3 Å². The molecule has 11 heteroatoms. The predicted octanol–water partition coefficient (Wildman–Crippen LogP) is 0.416. The highest BCUT2D eigenvalue weighted by Crippen LogP contribution is 2.37. The van der Waals surface area contributed by atoms with Crippen LogP contribution in [0.3, 0.4) is 0 Å². The zero-order chi connectivity index (χ0) is 20.6. The number of ether oxygens (including phenoxy) is 2. The van der Waals surface area contributed by atoms with Crippen LogP contribution < -0.4 is 4.90 Å². The van der Waals surface area contributed by atoms with Gasteiger partial charge in [-0.15, -0.1) is 11.3 Å². The second kappa shape index (κ2) is 10.1. The van der Waals surface area contributed by atoms with Crippen LogP contribution in [0, 0.1) is 11.3 Å². The average molecular weight is 398 g/mol. The Labute approximate surface area is 158 Å². The van der Waals surface area contributed by atoms with Crippen molar-refractivity contribution >= 4 is 40.2 Å². The van der Waals surface area contributed by atoms with E-state index in [-0.39, 0.29) is 29.8 Å². The maximum Gasteiger partial charge on any atom is 0.323 e. The number of rotatable bonds is 10. The fourth-order valence-corrected chi connectivity index (χ4v) is 3.58. The summed E-state index contributed by atoms with van der Waals surface area (Å²) < 4.78 is 9.19. The van der Waals surface area contributed by atoms with Gasteiger partial charge in [-0.1, -0.05) is 0 Å². The molecule has 0 aromatic carbocycles. The highest BCUT2D eigenvalue weighted by molar-refractivity contribution is 7.16. The van der Waals surface area contributed by atoms with Crippen LogP contribution in [0.15, 0.2) is 0 Å². The molecule has 10 nitrogen and oxygen atoms in total. The molecule has 0 aliphatic rings. The maximum absolute atomic E-state index is 11.7. The molecular weight excluding hydrogens is 380 g/mol. The number of aliphatic carboxylic acids is 2. The van der Waals surface area contributed by atoms with E-state index in [9.17, 15) is 24.4 Å². The normalized spacial score (nSPS) is 9.96. The van der Waals surface area contributed by atoms with Crippen molar-refractivity contribution in [2.45, 2.75) is 19.3 Å². The van der Waals surface area contributed by atoms with E-state index in [0.29, 0.717) is 10.4 Å². The quantitative estimate of drug-likeness (QED) is 0.530. The van der Waals surface area contributed by atoms with Gasteiger partial charge < -0.3 is 24.6 Å². The van der Waals surface area contributed by atoms with Gasteiger partial charge in [0.1, 0.15) is 24.2 Å². The van der Waals surface area contributed by atoms with Crippen LogP contribution in [0.2, 0.25) is 0 Å². The third kappa shape index (κ3) is 6.27. The second-order valence-corrected chi connectivity index (χ2v) is 6.35. The van der Waals surface area contributed by atoms with Crippen LogP contribution >= 0.6 is 11.3 Å². The van der Waals surface area contributed by atoms with Crippen molar-refractivity contribution in [2.75, 3.05) is 32.2 Å². The number of nitriles is 1. The number of carboxylic acids is 2. The van der Waals surface area contributed by atoms with Crippen LogP contribution in [0.1, 0.15) is 22.4 Å². The van der Waals surface area contributed by atoms with Crippen molar-refractivity contribution in [1.29, 1.82) is 5.26 Å². The van der Waals surface area contributed by atoms with Crippen molar-refractivity contribution in [1.82, 2.24) is 0 Å². The highest BCUT2D eigenvalue weighted by Gasteiger charge is 2.26. The van der Waals surface area contributed by atoms with Crippen molar-refractivity contribution in [2.24, 2.45) is 0 Å². The summed E-state index contributed by atoms with van der Waals surface area (Å²) in [4.78, 5) is 46.7. The molecule has 0 atom stereocenters. The van der Waals surface area contributed by atoms with Crippen molar-refractivity contribution < 1.29 is 38.9 Å². The molecule has 1 rings (SSSR count). The lowest BCUT2D eigenvalue weighted by Crippen LogP contribution is -2.34. The van der Waals surface area contributed by atoms with E-state index in [4.69, 9.17) is 10.2 Å². The molecule has 0 unspecified atom stereocenters. The molecule has 0 bridgehead atoms. The molecule has 1 aromatic heterocycles. The molecule has 0 spiro atoms. The van der Waals surface area contributed by atoms with Crippen molar-refractivity contribution in [3.63, 3.8) is 0 Å². The van der Waals surface area contributed by atoms with Gasteiger partial charge in [-0.2, -0.15) is 5.26 Å². The Hall–Kier alpha value is -3.13. The Kier molecular flexibility index (Phi) is 8.22. The van der Waals surface area contributed by atoms with Crippen LogP contribution in [-0.2, 0) is 41.5 Å². The van der Waals surface area contributed by atoms with E-state index in [0.717, 1.165) is 16.2 Å².